The van der Waals surface area contributed by atoms with Crippen LogP contribution < -0.4 is 10.1 Å². The number of ether oxygens (including phenoxy) is 2. The number of rotatable bonds is 6. The van der Waals surface area contributed by atoms with Gasteiger partial charge in [0.1, 0.15) is 18.0 Å². The number of amides is 1. The molecule has 0 saturated carbocycles. The maximum absolute atomic E-state index is 11.6. The minimum Gasteiger partial charge on any atom is -0.492 e. The van der Waals surface area contributed by atoms with Crippen LogP contribution in [0.4, 0.5) is 4.79 Å². The maximum atomic E-state index is 11.6. The number of benzene rings is 1. The SMILES string of the molecule is CC(C)(C)OC(=O)NCCc1c[nH]c2ccc(OCCCl)cc12. The number of halogens is 1. The first-order valence-electron chi connectivity index (χ1n) is 7.64. The van der Waals surface area contributed by atoms with Crippen LogP contribution in [0, 0.1) is 0 Å². The molecule has 2 N–H and O–H groups in total. The second-order valence-electron chi connectivity index (χ2n) is 6.24. The minimum atomic E-state index is -0.487. The summed E-state index contributed by atoms with van der Waals surface area (Å²) in [4.78, 5) is 14.9. The molecule has 0 saturated heterocycles. The molecule has 1 aromatic heterocycles. The van der Waals surface area contributed by atoms with Gasteiger partial charge in [-0.15, -0.1) is 11.6 Å². The van der Waals surface area contributed by atoms with Gasteiger partial charge in [0.2, 0.25) is 0 Å². The van der Waals surface area contributed by atoms with E-state index in [-0.39, 0.29) is 0 Å². The Morgan fingerprint density at radius 3 is 2.83 bits per heavy atom. The molecule has 2 aromatic rings. The summed E-state index contributed by atoms with van der Waals surface area (Å²) in [5, 5.41) is 3.85. The first-order valence-corrected chi connectivity index (χ1v) is 8.18. The van der Waals surface area contributed by atoms with Crippen molar-refractivity contribution in [2.24, 2.45) is 0 Å². The highest BCUT2D eigenvalue weighted by atomic mass is 35.5. The molecule has 1 amide bonds. The molecular weight excluding hydrogens is 316 g/mol. The fraction of sp³-hybridized carbons (Fsp3) is 0.471. The van der Waals surface area contributed by atoms with Crippen LogP contribution in [-0.4, -0.2) is 35.7 Å². The highest BCUT2D eigenvalue weighted by Gasteiger charge is 2.15. The molecule has 6 heteroatoms. The number of aromatic nitrogens is 1. The maximum Gasteiger partial charge on any atom is 0.407 e. The van der Waals surface area contributed by atoms with Crippen molar-refractivity contribution in [3.63, 3.8) is 0 Å². The number of hydrogen-bond donors (Lipinski definition) is 2. The van der Waals surface area contributed by atoms with Crippen LogP contribution in [0.3, 0.4) is 0 Å². The molecule has 0 aliphatic carbocycles. The van der Waals surface area contributed by atoms with Crippen LogP contribution in [0.1, 0.15) is 26.3 Å². The molecule has 0 aliphatic heterocycles. The van der Waals surface area contributed by atoms with Crippen molar-refractivity contribution < 1.29 is 14.3 Å². The zero-order valence-electron chi connectivity index (χ0n) is 13.7. The number of aromatic amines is 1. The molecule has 0 aliphatic rings. The van der Waals surface area contributed by atoms with Crippen LogP contribution in [-0.2, 0) is 11.2 Å². The summed E-state index contributed by atoms with van der Waals surface area (Å²) in [7, 11) is 0. The van der Waals surface area contributed by atoms with Crippen molar-refractivity contribution in [1.29, 1.82) is 0 Å². The number of fused-ring (bicyclic) bond motifs is 1. The standard InChI is InChI=1S/C17H23ClN2O3/c1-17(2,3)23-16(21)19-8-6-12-11-20-15-5-4-13(10-14(12)15)22-9-7-18/h4-5,10-11,20H,6-9H2,1-3H3,(H,19,21). The van der Waals surface area contributed by atoms with Crippen LogP contribution >= 0.6 is 11.6 Å². The largest absolute Gasteiger partial charge is 0.492 e. The Hall–Kier alpha value is -1.88. The van der Waals surface area contributed by atoms with Gasteiger partial charge < -0.3 is 19.8 Å². The fourth-order valence-electron chi connectivity index (χ4n) is 2.22. The van der Waals surface area contributed by atoms with E-state index in [1.54, 1.807) is 0 Å². The van der Waals surface area contributed by atoms with E-state index in [0.29, 0.717) is 25.5 Å². The summed E-state index contributed by atoms with van der Waals surface area (Å²) < 4.78 is 10.8. The Kier molecular flexibility index (Phi) is 5.77. The van der Waals surface area contributed by atoms with Crippen molar-refractivity contribution in [3.05, 3.63) is 30.0 Å². The van der Waals surface area contributed by atoms with Crippen LogP contribution in [0.25, 0.3) is 10.9 Å². The van der Waals surface area contributed by atoms with Gasteiger partial charge in [-0.2, -0.15) is 0 Å². The van der Waals surface area contributed by atoms with Crippen LogP contribution in [0.2, 0.25) is 0 Å². The zero-order valence-corrected chi connectivity index (χ0v) is 14.5. The molecule has 5 nitrogen and oxygen atoms in total. The zero-order chi connectivity index (χ0) is 16.9. The summed E-state index contributed by atoms with van der Waals surface area (Å²) in [6.45, 7) is 6.51. The Bertz CT molecular complexity index is 661. The van der Waals surface area contributed by atoms with Crippen molar-refractivity contribution in [2.75, 3.05) is 19.0 Å². The topological polar surface area (TPSA) is 63.3 Å². The van der Waals surface area contributed by atoms with Gasteiger partial charge >= 0.3 is 6.09 Å². The highest BCUT2D eigenvalue weighted by molar-refractivity contribution is 6.18. The van der Waals surface area contributed by atoms with Crippen molar-refractivity contribution in [1.82, 2.24) is 10.3 Å². The second-order valence-corrected chi connectivity index (χ2v) is 6.62. The monoisotopic (exact) mass is 338 g/mol. The van der Waals surface area contributed by atoms with E-state index < -0.39 is 11.7 Å². The lowest BCUT2D eigenvalue weighted by molar-refractivity contribution is 0.0528. The van der Waals surface area contributed by atoms with Gasteiger partial charge in [-0.3, -0.25) is 0 Å². The van der Waals surface area contributed by atoms with E-state index in [4.69, 9.17) is 21.1 Å². The highest BCUT2D eigenvalue weighted by Crippen LogP contribution is 2.24. The lowest BCUT2D eigenvalue weighted by Gasteiger charge is -2.19. The van der Waals surface area contributed by atoms with E-state index in [1.165, 1.54) is 0 Å². The third-order valence-electron chi connectivity index (χ3n) is 3.15. The second kappa shape index (κ2) is 7.59. The van der Waals surface area contributed by atoms with E-state index in [1.807, 2.05) is 45.2 Å². The predicted molar refractivity (Wildman–Crippen MR) is 92.5 cm³/mol. The number of alkyl carbamates (subject to hydrolysis) is 1. The normalized spacial score (nSPS) is 11.5. The molecule has 0 radical (unpaired) electrons. The van der Waals surface area contributed by atoms with Gasteiger partial charge in [-0.25, -0.2) is 4.79 Å². The van der Waals surface area contributed by atoms with Gasteiger partial charge in [0.25, 0.3) is 0 Å². The summed E-state index contributed by atoms with van der Waals surface area (Å²) >= 11 is 5.64. The first-order chi connectivity index (χ1) is 10.9. The lowest BCUT2D eigenvalue weighted by atomic mass is 10.1. The lowest BCUT2D eigenvalue weighted by Crippen LogP contribution is -2.33. The van der Waals surface area contributed by atoms with Gasteiger partial charge in [0.05, 0.1) is 5.88 Å². The molecule has 0 spiro atoms. The smallest absolute Gasteiger partial charge is 0.407 e. The summed E-state index contributed by atoms with van der Waals surface area (Å²) in [5.41, 5.74) is 1.67. The molecule has 1 heterocycles. The number of alkyl halides is 1. The van der Waals surface area contributed by atoms with Crippen molar-refractivity contribution in [3.8, 4) is 5.75 Å². The quantitative estimate of drug-likeness (QED) is 0.786. The summed E-state index contributed by atoms with van der Waals surface area (Å²) in [5.74, 6) is 1.25. The van der Waals surface area contributed by atoms with Gasteiger partial charge in [-0.05, 0) is 51.0 Å². The Balaban J connectivity index is 1.96. The van der Waals surface area contributed by atoms with Crippen LogP contribution in [0.15, 0.2) is 24.4 Å². The number of H-pyrrole nitrogens is 1. The molecular formula is C17H23ClN2O3. The summed E-state index contributed by atoms with van der Waals surface area (Å²) in [6.07, 6.45) is 2.26. The number of nitrogens with one attached hydrogen (secondary N) is 2. The first kappa shape index (κ1) is 17.5. The Morgan fingerprint density at radius 2 is 2.13 bits per heavy atom. The van der Waals surface area contributed by atoms with E-state index in [0.717, 1.165) is 22.2 Å². The van der Waals surface area contributed by atoms with Crippen LogP contribution in [0.5, 0.6) is 5.75 Å². The third-order valence-corrected chi connectivity index (χ3v) is 3.30. The average Bonchev–Trinajstić information content (AvgIpc) is 2.86. The number of carbonyl (C=O) groups excluding carboxylic acids is 1. The van der Waals surface area contributed by atoms with E-state index in [9.17, 15) is 4.79 Å². The molecule has 0 bridgehead atoms. The van der Waals surface area contributed by atoms with Crippen molar-refractivity contribution in [2.45, 2.75) is 32.8 Å². The molecule has 23 heavy (non-hydrogen) atoms. The Morgan fingerprint density at radius 1 is 1.35 bits per heavy atom. The van der Waals surface area contributed by atoms with Gasteiger partial charge in [0.15, 0.2) is 0 Å². The molecule has 1 aromatic carbocycles. The minimum absolute atomic E-state index is 0.400. The van der Waals surface area contributed by atoms with Gasteiger partial charge in [-0.1, -0.05) is 0 Å². The van der Waals surface area contributed by atoms with E-state index >= 15 is 0 Å². The number of hydrogen-bond acceptors (Lipinski definition) is 3. The molecule has 0 fully saturated rings. The Labute approximate surface area is 141 Å². The molecule has 0 unspecified atom stereocenters. The van der Waals surface area contributed by atoms with Gasteiger partial charge in [0, 0.05) is 23.6 Å². The fourth-order valence-corrected chi connectivity index (χ4v) is 2.30. The molecule has 126 valence electrons. The average molecular weight is 339 g/mol. The number of carbonyl (C=O) groups is 1. The molecule has 2 rings (SSSR count). The summed E-state index contributed by atoms with van der Waals surface area (Å²) in [6, 6.07) is 5.87. The third kappa shape index (κ3) is 5.36. The van der Waals surface area contributed by atoms with Crippen molar-refractivity contribution >= 4 is 28.6 Å². The molecule has 0 atom stereocenters. The van der Waals surface area contributed by atoms with E-state index in [2.05, 4.69) is 10.3 Å². The predicted octanol–water partition coefficient (Wildman–Crippen LogP) is 3.85.